The molecule has 0 aromatic heterocycles. The first kappa shape index (κ1) is 56.7. The predicted molar refractivity (Wildman–Crippen MR) is 152 cm³/mol. The minimum absolute atomic E-state index is 0.149. The number of hydrogen-bond acceptors (Lipinski definition) is 3. The zero-order valence-electron chi connectivity index (χ0n) is 31.5. The molecule has 0 fully saturated rings. The number of ether oxygens (including phenoxy) is 2. The maximum Gasteiger partial charge on any atom is 0.460 e. The number of carbonyl (C=O) groups is 1. The van der Waals surface area contributed by atoms with Crippen LogP contribution in [0, 0.1) is 22.2 Å². The summed E-state index contributed by atoms with van der Waals surface area (Å²) < 4.78 is 348. The summed E-state index contributed by atoms with van der Waals surface area (Å²) in [4.78, 5) is 13.1. The first-order chi connectivity index (χ1) is 25.3. The van der Waals surface area contributed by atoms with Crippen LogP contribution in [0.1, 0.15) is 87.5 Å². The summed E-state index contributed by atoms with van der Waals surface area (Å²) in [6.45, 7) is 10.8. The standard InChI is InChI=1S/C31H37F25O3/c1-9-19(8,10-2)15(13-17(3,4)5)16(57)58-14-18(6,7)11-12-20(32,33)21(34,35)22(36,37)24(40,41)27(46,47)30(53,54)59-31(55,56)28(48,49)25(42,43)23(38,39)26(44,45)29(50,51)52/h15H,9-14H2,1-8H3. The van der Waals surface area contributed by atoms with Gasteiger partial charge in [-0.1, -0.05) is 55.4 Å². The first-order valence-electron chi connectivity index (χ1n) is 16.4. The molecule has 354 valence electrons. The zero-order valence-corrected chi connectivity index (χ0v) is 31.5. The fraction of sp³-hybridized carbons (Fsp3) is 0.968. The smallest absolute Gasteiger partial charge is 0.460 e. The highest BCUT2D eigenvalue weighted by atomic mass is 19.4. The molecular weight excluding hydrogens is 895 g/mol. The Morgan fingerprint density at radius 3 is 1.08 bits per heavy atom. The van der Waals surface area contributed by atoms with Crippen LogP contribution in [0.3, 0.4) is 0 Å². The van der Waals surface area contributed by atoms with E-state index in [-0.39, 0.29) is 6.42 Å². The van der Waals surface area contributed by atoms with Crippen LogP contribution >= 0.6 is 0 Å². The van der Waals surface area contributed by atoms with Crippen LogP contribution in [-0.2, 0) is 14.3 Å². The average molecular weight is 933 g/mol. The van der Waals surface area contributed by atoms with Crippen molar-refractivity contribution in [2.75, 3.05) is 6.61 Å². The van der Waals surface area contributed by atoms with Crippen molar-refractivity contribution in [3.05, 3.63) is 0 Å². The predicted octanol–water partition coefficient (Wildman–Crippen LogP) is 13.7. The molecule has 0 aromatic rings. The number of rotatable bonds is 21. The molecule has 0 spiro atoms. The lowest BCUT2D eigenvalue weighted by molar-refractivity contribution is -0.527. The highest BCUT2D eigenvalue weighted by Gasteiger charge is 2.95. The third-order valence-corrected chi connectivity index (χ3v) is 9.45. The van der Waals surface area contributed by atoms with Gasteiger partial charge in [0, 0.05) is 6.42 Å². The second kappa shape index (κ2) is 16.1. The van der Waals surface area contributed by atoms with Crippen molar-refractivity contribution in [1.82, 2.24) is 0 Å². The van der Waals surface area contributed by atoms with Gasteiger partial charge in [0.2, 0.25) is 0 Å². The van der Waals surface area contributed by atoms with Gasteiger partial charge in [-0.2, -0.15) is 110 Å². The molecule has 0 aliphatic rings. The summed E-state index contributed by atoms with van der Waals surface area (Å²) in [7, 11) is 0. The second-order valence-electron chi connectivity index (χ2n) is 15.9. The van der Waals surface area contributed by atoms with Gasteiger partial charge >= 0.3 is 77.7 Å². The first-order valence-corrected chi connectivity index (χ1v) is 16.4. The van der Waals surface area contributed by atoms with E-state index in [0.29, 0.717) is 12.8 Å². The quantitative estimate of drug-likeness (QED) is 0.0850. The Hall–Kier alpha value is -2.32. The molecule has 0 N–H and O–H groups in total. The summed E-state index contributed by atoms with van der Waals surface area (Å²) in [5.74, 6) is -79.0. The largest absolute Gasteiger partial charge is 0.465 e. The highest BCUT2D eigenvalue weighted by molar-refractivity contribution is 5.73. The number of carbonyl (C=O) groups excluding carboxylic acids is 1. The van der Waals surface area contributed by atoms with E-state index < -0.39 is 119 Å². The number of halogens is 25. The maximum atomic E-state index is 14.6. The SMILES string of the molecule is CCC(C)(CC)C(CC(C)(C)C)C(=O)OCC(C)(C)CCC(F)(F)C(F)(F)C(F)(F)C(F)(F)C(F)(F)C(F)(F)OC(F)(F)C(F)(F)C(F)(F)C(F)(F)C(F)(F)C(F)(F)F. The molecule has 0 bridgehead atoms. The van der Waals surface area contributed by atoms with Crippen LogP contribution in [0.15, 0.2) is 0 Å². The van der Waals surface area contributed by atoms with Crippen molar-refractivity contribution in [2.24, 2.45) is 22.2 Å². The molecule has 0 heterocycles. The molecule has 3 nitrogen and oxygen atoms in total. The monoisotopic (exact) mass is 932 g/mol. The summed E-state index contributed by atoms with van der Waals surface area (Å²) in [6, 6.07) is 0. The van der Waals surface area contributed by atoms with Gasteiger partial charge < -0.3 is 4.74 Å². The third kappa shape index (κ3) is 9.84. The zero-order chi connectivity index (χ0) is 48.3. The molecule has 0 saturated heterocycles. The molecule has 0 saturated carbocycles. The molecule has 0 aliphatic carbocycles. The lowest BCUT2D eigenvalue weighted by atomic mass is 9.67. The van der Waals surface area contributed by atoms with Crippen LogP contribution in [0.2, 0.25) is 0 Å². The molecule has 59 heavy (non-hydrogen) atoms. The van der Waals surface area contributed by atoms with E-state index in [1.54, 1.807) is 41.5 Å². The summed E-state index contributed by atoms with van der Waals surface area (Å²) in [5.41, 5.74) is -3.33. The lowest BCUT2D eigenvalue weighted by Gasteiger charge is -2.43. The minimum atomic E-state index is -9.10. The topological polar surface area (TPSA) is 35.5 Å². The van der Waals surface area contributed by atoms with E-state index in [1.165, 1.54) is 0 Å². The van der Waals surface area contributed by atoms with E-state index in [9.17, 15) is 115 Å². The molecule has 0 radical (unpaired) electrons. The number of alkyl halides is 25. The van der Waals surface area contributed by atoms with Gasteiger partial charge in [-0.05, 0) is 41.9 Å². The van der Waals surface area contributed by atoms with Crippen LogP contribution < -0.4 is 0 Å². The molecule has 1 unspecified atom stereocenters. The van der Waals surface area contributed by atoms with Crippen molar-refractivity contribution >= 4 is 5.97 Å². The van der Waals surface area contributed by atoms with Crippen LogP contribution in [-0.4, -0.2) is 84.3 Å². The Morgan fingerprint density at radius 2 is 0.780 bits per heavy atom. The molecule has 28 heteroatoms. The Morgan fingerprint density at radius 1 is 0.458 bits per heavy atom. The molecule has 0 amide bonds. The highest BCUT2D eigenvalue weighted by Crippen LogP contribution is 2.64. The van der Waals surface area contributed by atoms with Gasteiger partial charge in [-0.3, -0.25) is 4.79 Å². The van der Waals surface area contributed by atoms with Gasteiger partial charge in [-0.25, -0.2) is 4.74 Å². The van der Waals surface area contributed by atoms with Crippen LogP contribution in [0.25, 0.3) is 0 Å². The summed E-state index contributed by atoms with van der Waals surface area (Å²) in [5, 5.41) is 0. The van der Waals surface area contributed by atoms with Crippen molar-refractivity contribution in [2.45, 2.75) is 159 Å². The normalized spacial score (nSPS) is 16.7. The maximum absolute atomic E-state index is 14.6. The Bertz CT molecular complexity index is 1440. The van der Waals surface area contributed by atoms with Crippen molar-refractivity contribution in [1.29, 1.82) is 0 Å². The second-order valence-corrected chi connectivity index (χ2v) is 15.9. The van der Waals surface area contributed by atoms with Gasteiger partial charge in [0.15, 0.2) is 0 Å². The van der Waals surface area contributed by atoms with Gasteiger partial charge in [-0.15, -0.1) is 0 Å². The number of hydrogen-bond donors (Lipinski definition) is 0. The number of esters is 1. The van der Waals surface area contributed by atoms with Crippen LogP contribution in [0.4, 0.5) is 110 Å². The Labute approximate surface area is 318 Å². The Balaban J connectivity index is 6.69. The van der Waals surface area contributed by atoms with E-state index in [4.69, 9.17) is 4.74 Å². The summed E-state index contributed by atoms with van der Waals surface area (Å²) >= 11 is 0. The summed E-state index contributed by atoms with van der Waals surface area (Å²) in [6.07, 6.45) is -29.3. The van der Waals surface area contributed by atoms with Crippen molar-refractivity contribution in [3.8, 4) is 0 Å². The lowest BCUT2D eigenvalue weighted by Crippen LogP contribution is -2.73. The molecule has 0 rings (SSSR count). The van der Waals surface area contributed by atoms with Gasteiger partial charge in [0.05, 0.1) is 12.5 Å². The van der Waals surface area contributed by atoms with Gasteiger partial charge in [0.25, 0.3) is 0 Å². The van der Waals surface area contributed by atoms with Crippen LogP contribution in [0.5, 0.6) is 0 Å². The fourth-order valence-electron chi connectivity index (χ4n) is 4.91. The molecule has 0 aromatic carbocycles. The molecule has 1 atom stereocenters. The Kier molecular flexibility index (Phi) is 15.5. The van der Waals surface area contributed by atoms with E-state index >= 15 is 0 Å². The average Bonchev–Trinajstić information content (AvgIpc) is 3.02. The molecular formula is C31H37F25O3. The van der Waals surface area contributed by atoms with E-state index in [2.05, 4.69) is 0 Å². The minimum Gasteiger partial charge on any atom is -0.465 e. The van der Waals surface area contributed by atoms with E-state index in [0.717, 1.165) is 18.6 Å². The third-order valence-electron chi connectivity index (χ3n) is 9.45. The van der Waals surface area contributed by atoms with E-state index in [1.807, 2.05) is 0 Å². The van der Waals surface area contributed by atoms with Gasteiger partial charge in [0.1, 0.15) is 0 Å². The van der Waals surface area contributed by atoms with Crippen molar-refractivity contribution in [3.63, 3.8) is 0 Å². The van der Waals surface area contributed by atoms with Crippen molar-refractivity contribution < 1.29 is 124 Å². The fourth-order valence-corrected chi connectivity index (χ4v) is 4.91. The molecule has 0 aliphatic heterocycles.